The Bertz CT molecular complexity index is 801. The van der Waals surface area contributed by atoms with Gasteiger partial charge in [-0.3, -0.25) is 9.59 Å². The number of rotatable bonds is 7. The van der Waals surface area contributed by atoms with E-state index in [0.717, 1.165) is 30.0 Å². The van der Waals surface area contributed by atoms with E-state index >= 15 is 0 Å². The minimum atomic E-state index is -1.05. The average molecular weight is 381 g/mol. The molecule has 0 saturated carbocycles. The monoisotopic (exact) mass is 381 g/mol. The lowest BCUT2D eigenvalue weighted by molar-refractivity contribution is -0.150. The van der Waals surface area contributed by atoms with E-state index in [4.69, 9.17) is 9.47 Å². The van der Waals surface area contributed by atoms with E-state index in [1.54, 1.807) is 24.3 Å². The highest BCUT2D eigenvalue weighted by molar-refractivity contribution is 8.00. The van der Waals surface area contributed by atoms with Crippen molar-refractivity contribution in [2.24, 2.45) is 0 Å². The van der Waals surface area contributed by atoms with E-state index in [-0.39, 0.29) is 10.6 Å². The van der Waals surface area contributed by atoms with Crippen LogP contribution in [0.15, 0.2) is 47.4 Å². The molecule has 0 heterocycles. The molecule has 0 aliphatic heterocycles. The standard InChI is InChI=1S/C18H17F2NO4S/c1-11(18(23)21-13-4-3-5-14(9-13)24-2)25-17(22)10-26-16-8-12(19)6-7-15(16)20/h3-9,11H,10H2,1-2H3,(H,21,23)/t11-/m0/s1. The van der Waals surface area contributed by atoms with Crippen LogP contribution in [0.4, 0.5) is 14.5 Å². The van der Waals surface area contributed by atoms with Gasteiger partial charge in [0, 0.05) is 16.6 Å². The van der Waals surface area contributed by atoms with Crippen molar-refractivity contribution < 1.29 is 27.8 Å². The molecule has 1 amide bonds. The zero-order valence-corrected chi connectivity index (χ0v) is 14.9. The molecular formula is C18H17F2NO4S. The van der Waals surface area contributed by atoms with Crippen LogP contribution in [-0.4, -0.2) is 30.8 Å². The highest BCUT2D eigenvalue weighted by Gasteiger charge is 2.19. The Labute approximate surface area is 153 Å². The summed E-state index contributed by atoms with van der Waals surface area (Å²) in [5.41, 5.74) is 0.494. The molecule has 0 aliphatic carbocycles. The van der Waals surface area contributed by atoms with Crippen molar-refractivity contribution in [1.82, 2.24) is 0 Å². The quantitative estimate of drug-likeness (QED) is 0.586. The molecule has 5 nitrogen and oxygen atoms in total. The largest absolute Gasteiger partial charge is 0.497 e. The predicted molar refractivity (Wildman–Crippen MR) is 94.3 cm³/mol. The summed E-state index contributed by atoms with van der Waals surface area (Å²) >= 11 is 0.794. The minimum Gasteiger partial charge on any atom is -0.497 e. The number of nitrogens with one attached hydrogen (secondary N) is 1. The molecule has 0 bridgehead atoms. The van der Waals surface area contributed by atoms with Gasteiger partial charge in [-0.1, -0.05) is 6.07 Å². The SMILES string of the molecule is COc1cccc(NC(=O)[C@H](C)OC(=O)CSc2cc(F)ccc2F)c1. The molecule has 26 heavy (non-hydrogen) atoms. The van der Waals surface area contributed by atoms with Gasteiger partial charge in [0.25, 0.3) is 5.91 Å². The molecule has 8 heteroatoms. The summed E-state index contributed by atoms with van der Waals surface area (Å²) < 4.78 is 36.7. The Hall–Kier alpha value is -2.61. The molecule has 0 saturated heterocycles. The third-order valence-corrected chi connectivity index (χ3v) is 4.26. The van der Waals surface area contributed by atoms with E-state index in [1.165, 1.54) is 14.0 Å². The van der Waals surface area contributed by atoms with E-state index < -0.39 is 29.6 Å². The molecule has 0 unspecified atom stereocenters. The number of benzene rings is 2. The van der Waals surface area contributed by atoms with Gasteiger partial charge >= 0.3 is 5.97 Å². The van der Waals surface area contributed by atoms with Crippen molar-refractivity contribution >= 4 is 29.3 Å². The number of carbonyl (C=O) groups is 2. The van der Waals surface area contributed by atoms with Crippen LogP contribution < -0.4 is 10.1 Å². The maximum absolute atomic E-state index is 13.5. The Kier molecular flexibility index (Phi) is 6.97. The summed E-state index contributed by atoms with van der Waals surface area (Å²) in [5, 5.41) is 2.60. The molecule has 0 aromatic heterocycles. The summed E-state index contributed by atoms with van der Waals surface area (Å²) in [6.45, 7) is 1.42. The Balaban J connectivity index is 1.85. The summed E-state index contributed by atoms with van der Waals surface area (Å²) in [6, 6.07) is 9.67. The van der Waals surface area contributed by atoms with Crippen LogP contribution in [-0.2, 0) is 14.3 Å². The molecule has 0 fully saturated rings. The van der Waals surface area contributed by atoms with Gasteiger partial charge in [0.2, 0.25) is 0 Å². The van der Waals surface area contributed by atoms with Crippen LogP contribution in [0.25, 0.3) is 0 Å². The van der Waals surface area contributed by atoms with E-state index in [2.05, 4.69) is 5.32 Å². The zero-order valence-electron chi connectivity index (χ0n) is 14.1. The lowest BCUT2D eigenvalue weighted by Gasteiger charge is -2.14. The van der Waals surface area contributed by atoms with E-state index in [0.29, 0.717) is 11.4 Å². The Morgan fingerprint density at radius 2 is 1.96 bits per heavy atom. The van der Waals surface area contributed by atoms with Gasteiger partial charge in [-0.15, -0.1) is 11.8 Å². The lowest BCUT2D eigenvalue weighted by atomic mass is 10.3. The van der Waals surface area contributed by atoms with Crippen molar-refractivity contribution in [3.05, 3.63) is 54.1 Å². The van der Waals surface area contributed by atoms with Crippen LogP contribution in [0.2, 0.25) is 0 Å². The number of halogens is 2. The first kappa shape index (κ1) is 19.7. The smallest absolute Gasteiger partial charge is 0.317 e. The number of esters is 1. The number of ether oxygens (including phenoxy) is 2. The number of amides is 1. The van der Waals surface area contributed by atoms with Crippen molar-refractivity contribution in [3.8, 4) is 5.75 Å². The van der Waals surface area contributed by atoms with Crippen molar-refractivity contribution in [1.29, 1.82) is 0 Å². The van der Waals surface area contributed by atoms with Gasteiger partial charge < -0.3 is 14.8 Å². The molecular weight excluding hydrogens is 364 g/mol. The summed E-state index contributed by atoms with van der Waals surface area (Å²) in [6.07, 6.45) is -1.05. The highest BCUT2D eigenvalue weighted by atomic mass is 32.2. The van der Waals surface area contributed by atoms with Crippen molar-refractivity contribution in [2.75, 3.05) is 18.2 Å². The van der Waals surface area contributed by atoms with Gasteiger partial charge in [-0.25, -0.2) is 8.78 Å². The summed E-state index contributed by atoms with van der Waals surface area (Å²) in [4.78, 5) is 23.9. The fourth-order valence-corrected chi connectivity index (χ4v) is 2.70. The van der Waals surface area contributed by atoms with Crippen LogP contribution in [0, 0.1) is 11.6 Å². The first-order valence-electron chi connectivity index (χ1n) is 7.61. The van der Waals surface area contributed by atoms with E-state index in [1.807, 2.05) is 0 Å². The molecule has 2 rings (SSSR count). The van der Waals surface area contributed by atoms with Gasteiger partial charge in [-0.05, 0) is 37.3 Å². The minimum absolute atomic E-state index is 0.00423. The average Bonchev–Trinajstić information content (AvgIpc) is 2.62. The van der Waals surface area contributed by atoms with Crippen molar-refractivity contribution in [2.45, 2.75) is 17.9 Å². The second kappa shape index (κ2) is 9.19. The molecule has 0 spiro atoms. The lowest BCUT2D eigenvalue weighted by Crippen LogP contribution is -2.30. The molecule has 0 radical (unpaired) electrons. The number of anilines is 1. The normalized spacial score (nSPS) is 11.5. The zero-order chi connectivity index (χ0) is 19.1. The van der Waals surface area contributed by atoms with Crippen LogP contribution in [0.1, 0.15) is 6.92 Å². The second-order valence-electron chi connectivity index (χ2n) is 5.22. The maximum atomic E-state index is 13.5. The van der Waals surface area contributed by atoms with Gasteiger partial charge in [-0.2, -0.15) is 0 Å². The molecule has 2 aromatic rings. The topological polar surface area (TPSA) is 64.6 Å². The van der Waals surface area contributed by atoms with Crippen LogP contribution in [0.5, 0.6) is 5.75 Å². The molecule has 138 valence electrons. The first-order valence-corrected chi connectivity index (χ1v) is 8.60. The van der Waals surface area contributed by atoms with E-state index in [9.17, 15) is 18.4 Å². The fourth-order valence-electron chi connectivity index (χ4n) is 1.95. The van der Waals surface area contributed by atoms with Crippen molar-refractivity contribution in [3.63, 3.8) is 0 Å². The maximum Gasteiger partial charge on any atom is 0.317 e. The Morgan fingerprint density at radius 1 is 1.19 bits per heavy atom. The fraction of sp³-hybridized carbons (Fsp3) is 0.222. The van der Waals surface area contributed by atoms with Crippen LogP contribution in [0.3, 0.4) is 0 Å². The third-order valence-electron chi connectivity index (χ3n) is 3.25. The number of hydrogen-bond donors (Lipinski definition) is 1. The molecule has 1 atom stereocenters. The summed E-state index contributed by atoms with van der Waals surface area (Å²) in [5.74, 6) is -2.15. The third kappa shape index (κ3) is 5.73. The molecule has 1 N–H and O–H groups in total. The molecule has 2 aromatic carbocycles. The highest BCUT2D eigenvalue weighted by Crippen LogP contribution is 2.23. The van der Waals surface area contributed by atoms with Gasteiger partial charge in [0.05, 0.1) is 12.9 Å². The predicted octanol–water partition coefficient (Wildman–Crippen LogP) is 3.64. The second-order valence-corrected chi connectivity index (χ2v) is 6.23. The number of hydrogen-bond acceptors (Lipinski definition) is 5. The number of methoxy groups -OCH3 is 1. The van der Waals surface area contributed by atoms with Gasteiger partial charge in [0.1, 0.15) is 17.4 Å². The van der Waals surface area contributed by atoms with Gasteiger partial charge in [0.15, 0.2) is 6.10 Å². The first-order chi connectivity index (χ1) is 12.4. The molecule has 0 aliphatic rings. The van der Waals surface area contributed by atoms with Crippen LogP contribution >= 0.6 is 11.8 Å². The number of carbonyl (C=O) groups excluding carboxylic acids is 2. The number of thioether (sulfide) groups is 1. The summed E-state index contributed by atoms with van der Waals surface area (Å²) in [7, 11) is 1.50. The Morgan fingerprint density at radius 3 is 2.69 bits per heavy atom.